The molecule has 0 aliphatic rings. The van der Waals surface area contributed by atoms with Crippen molar-refractivity contribution >= 4 is 39.2 Å². The maximum Gasteiger partial charge on any atom is 0.257 e. The Hall–Kier alpha value is -4.91. The lowest BCUT2D eigenvalue weighted by molar-refractivity contribution is 0.102. The molecule has 2 heterocycles. The Bertz CT molecular complexity index is 1750. The number of carbonyl (C=O) groups excluding carboxylic acids is 1. The molecule has 0 bridgehead atoms. The molecule has 0 saturated heterocycles. The third-order valence-electron chi connectivity index (χ3n) is 6.36. The van der Waals surface area contributed by atoms with Gasteiger partial charge in [-0.3, -0.25) is 4.79 Å². The van der Waals surface area contributed by atoms with Crippen LogP contribution in [0.1, 0.15) is 23.0 Å². The van der Waals surface area contributed by atoms with E-state index in [1.807, 2.05) is 47.1 Å². The summed E-state index contributed by atoms with van der Waals surface area (Å²) >= 11 is 0. The smallest absolute Gasteiger partial charge is 0.257 e. The third-order valence-corrected chi connectivity index (χ3v) is 6.36. The predicted octanol–water partition coefficient (Wildman–Crippen LogP) is 6.83. The zero-order valence-corrected chi connectivity index (χ0v) is 20.5. The fourth-order valence-corrected chi connectivity index (χ4v) is 4.73. The molecule has 6 aromatic rings. The second-order valence-corrected chi connectivity index (χ2v) is 8.84. The van der Waals surface area contributed by atoms with Crippen LogP contribution in [-0.4, -0.2) is 27.4 Å². The summed E-state index contributed by atoms with van der Waals surface area (Å²) in [5.41, 5.74) is 4.73. The summed E-state index contributed by atoms with van der Waals surface area (Å²) in [6, 6.07) is 30.0. The van der Waals surface area contributed by atoms with Crippen molar-refractivity contribution in [2.75, 3.05) is 17.2 Å². The number of fused-ring (bicyclic) bond motifs is 2. The number of benzene rings is 4. The summed E-state index contributed by atoms with van der Waals surface area (Å²) in [5, 5.41) is 17.9. The molecule has 182 valence electrons. The van der Waals surface area contributed by atoms with Gasteiger partial charge in [-0.05, 0) is 66.1 Å². The fourth-order valence-electron chi connectivity index (χ4n) is 4.73. The highest BCUT2D eigenvalue weighted by molar-refractivity contribution is 6.13. The molecule has 0 unspecified atom stereocenters. The Morgan fingerprint density at radius 1 is 0.946 bits per heavy atom. The number of amides is 1. The molecule has 0 aliphatic heterocycles. The molecular weight excluding hydrogens is 462 g/mol. The highest BCUT2D eigenvalue weighted by atomic mass is 16.5. The molecule has 6 rings (SSSR count). The lowest BCUT2D eigenvalue weighted by atomic mass is 9.96. The van der Waals surface area contributed by atoms with Gasteiger partial charge in [-0.1, -0.05) is 59.8 Å². The summed E-state index contributed by atoms with van der Waals surface area (Å²) in [6.07, 6.45) is 0. The van der Waals surface area contributed by atoms with Gasteiger partial charge in [-0.25, -0.2) is 4.68 Å². The number of nitrogens with zero attached hydrogens (tertiary/aromatic N) is 3. The summed E-state index contributed by atoms with van der Waals surface area (Å²) in [4.78, 5) is 13.0. The second-order valence-electron chi connectivity index (χ2n) is 8.84. The molecule has 0 spiro atoms. The minimum atomic E-state index is -0.229. The topological polar surface area (TPSA) is 85.0 Å². The number of carbonyl (C=O) groups is 1. The van der Waals surface area contributed by atoms with E-state index in [2.05, 4.69) is 65.2 Å². The molecule has 7 nitrogen and oxygen atoms in total. The lowest BCUT2D eigenvalue weighted by Crippen LogP contribution is -2.12. The zero-order chi connectivity index (χ0) is 25.4. The highest BCUT2D eigenvalue weighted by Gasteiger charge is 2.17. The first-order chi connectivity index (χ1) is 18.1. The predicted molar refractivity (Wildman–Crippen MR) is 147 cm³/mol. The van der Waals surface area contributed by atoms with Crippen LogP contribution in [0, 0.1) is 6.92 Å². The van der Waals surface area contributed by atoms with Crippen molar-refractivity contribution in [3.63, 3.8) is 0 Å². The molecule has 2 N–H and O–H groups in total. The van der Waals surface area contributed by atoms with Crippen LogP contribution < -0.4 is 10.6 Å². The fraction of sp³-hybridized carbons (Fsp3) is 0.100. The molecule has 7 heteroatoms. The van der Waals surface area contributed by atoms with Crippen molar-refractivity contribution in [1.29, 1.82) is 0 Å². The SMILES string of the molecule is CCNc1nn(-c2ccccc2)c2cccc(-c3ccc4c(C(=O)Nc5cc(C)on5)cccc4c3)c12. The highest BCUT2D eigenvalue weighted by Crippen LogP contribution is 2.36. The quantitative estimate of drug-likeness (QED) is 0.269. The number of nitrogens with one attached hydrogen (secondary N) is 2. The second kappa shape index (κ2) is 9.28. The minimum Gasteiger partial charge on any atom is -0.368 e. The van der Waals surface area contributed by atoms with Crippen LogP contribution in [0.4, 0.5) is 11.6 Å². The summed E-state index contributed by atoms with van der Waals surface area (Å²) in [6.45, 7) is 4.61. The van der Waals surface area contributed by atoms with Crippen LogP contribution in [0.5, 0.6) is 0 Å². The van der Waals surface area contributed by atoms with Gasteiger partial charge in [0.15, 0.2) is 11.6 Å². The van der Waals surface area contributed by atoms with E-state index < -0.39 is 0 Å². The van der Waals surface area contributed by atoms with Crippen molar-refractivity contribution in [3.05, 3.63) is 102 Å². The summed E-state index contributed by atoms with van der Waals surface area (Å²) < 4.78 is 7.05. The molecule has 0 aliphatic carbocycles. The van der Waals surface area contributed by atoms with Gasteiger partial charge in [0.1, 0.15) is 5.76 Å². The molecule has 0 fully saturated rings. The zero-order valence-electron chi connectivity index (χ0n) is 20.5. The van der Waals surface area contributed by atoms with E-state index in [1.54, 1.807) is 13.0 Å². The summed E-state index contributed by atoms with van der Waals surface area (Å²) in [7, 11) is 0. The Balaban J connectivity index is 1.46. The van der Waals surface area contributed by atoms with Crippen LogP contribution in [0.3, 0.4) is 0 Å². The largest absolute Gasteiger partial charge is 0.368 e. The van der Waals surface area contributed by atoms with Gasteiger partial charge in [0, 0.05) is 18.2 Å². The van der Waals surface area contributed by atoms with E-state index in [0.717, 1.165) is 50.9 Å². The van der Waals surface area contributed by atoms with Gasteiger partial charge >= 0.3 is 0 Å². The van der Waals surface area contributed by atoms with Crippen molar-refractivity contribution in [2.24, 2.45) is 0 Å². The van der Waals surface area contributed by atoms with Gasteiger partial charge in [0.25, 0.3) is 5.91 Å². The lowest BCUT2D eigenvalue weighted by Gasteiger charge is -2.10. The number of aryl methyl sites for hydroxylation is 1. The van der Waals surface area contributed by atoms with Gasteiger partial charge in [-0.15, -0.1) is 5.10 Å². The van der Waals surface area contributed by atoms with Gasteiger partial charge in [0.2, 0.25) is 0 Å². The van der Waals surface area contributed by atoms with Crippen LogP contribution in [0.2, 0.25) is 0 Å². The maximum atomic E-state index is 13.0. The van der Waals surface area contributed by atoms with Gasteiger partial charge in [0.05, 0.1) is 16.6 Å². The van der Waals surface area contributed by atoms with E-state index in [4.69, 9.17) is 9.62 Å². The van der Waals surface area contributed by atoms with E-state index in [0.29, 0.717) is 17.1 Å². The molecule has 0 atom stereocenters. The van der Waals surface area contributed by atoms with Crippen LogP contribution in [-0.2, 0) is 0 Å². The molecule has 1 amide bonds. The van der Waals surface area contributed by atoms with Crippen molar-refractivity contribution in [1.82, 2.24) is 14.9 Å². The standard InChI is InChI=1S/C30H25N5O2/c1-3-31-29-28-24(12-8-14-26(28)35(33-29)22-10-5-4-6-11-22)21-15-16-23-20(18-21)9-7-13-25(23)30(36)32-27-17-19(2)37-34-27/h4-18H,3H2,1-2H3,(H,31,33)(H,32,34,36). The maximum absolute atomic E-state index is 13.0. The first-order valence-electron chi connectivity index (χ1n) is 12.2. The normalized spacial score (nSPS) is 11.2. The van der Waals surface area contributed by atoms with E-state index >= 15 is 0 Å². The van der Waals surface area contributed by atoms with Gasteiger partial charge < -0.3 is 15.2 Å². The first-order valence-corrected chi connectivity index (χ1v) is 12.2. The van der Waals surface area contributed by atoms with Crippen molar-refractivity contribution in [3.8, 4) is 16.8 Å². The molecule has 2 aromatic heterocycles. The monoisotopic (exact) mass is 487 g/mol. The van der Waals surface area contributed by atoms with E-state index in [-0.39, 0.29) is 5.91 Å². The Morgan fingerprint density at radius 3 is 2.57 bits per heavy atom. The Kier molecular flexibility index (Phi) is 5.65. The number of para-hydroxylation sites is 1. The molecule has 4 aromatic carbocycles. The first kappa shape index (κ1) is 22.5. The van der Waals surface area contributed by atoms with Crippen molar-refractivity contribution in [2.45, 2.75) is 13.8 Å². The number of aromatic nitrogens is 3. The van der Waals surface area contributed by atoms with Crippen LogP contribution >= 0.6 is 0 Å². The number of hydrogen-bond acceptors (Lipinski definition) is 5. The third kappa shape index (κ3) is 4.10. The van der Waals surface area contributed by atoms with Crippen molar-refractivity contribution < 1.29 is 9.32 Å². The molecule has 0 saturated carbocycles. The average molecular weight is 488 g/mol. The van der Waals surface area contributed by atoms with Gasteiger partial charge in [-0.2, -0.15) is 0 Å². The number of rotatable bonds is 6. The summed E-state index contributed by atoms with van der Waals surface area (Å²) in [5.74, 6) is 1.65. The molecule has 0 radical (unpaired) electrons. The Morgan fingerprint density at radius 2 is 1.78 bits per heavy atom. The molecular formula is C30H25N5O2. The number of anilines is 2. The minimum absolute atomic E-state index is 0.229. The van der Waals surface area contributed by atoms with Crippen LogP contribution in [0.15, 0.2) is 95.5 Å². The average Bonchev–Trinajstić information content (AvgIpc) is 3.51. The van der Waals surface area contributed by atoms with Crippen LogP contribution in [0.25, 0.3) is 38.5 Å². The Labute approximate surface area is 213 Å². The van der Waals surface area contributed by atoms with E-state index in [9.17, 15) is 4.79 Å². The molecule has 37 heavy (non-hydrogen) atoms. The van der Waals surface area contributed by atoms with E-state index in [1.165, 1.54) is 0 Å². The number of hydrogen-bond donors (Lipinski definition) is 2.